The molecule has 1 saturated heterocycles. The summed E-state index contributed by atoms with van der Waals surface area (Å²) in [5, 5.41) is 13.7. The lowest BCUT2D eigenvalue weighted by Gasteiger charge is -2.44. The molecule has 26 heavy (non-hydrogen) atoms. The molecule has 132 valence electrons. The number of fused-ring (bicyclic) bond motifs is 1. The fourth-order valence-corrected chi connectivity index (χ4v) is 4.11. The van der Waals surface area contributed by atoms with Crippen molar-refractivity contribution in [3.8, 4) is 17.5 Å². The minimum atomic E-state index is -1.04. The monoisotopic (exact) mass is 367 g/mol. The Morgan fingerprint density at radius 3 is 2.92 bits per heavy atom. The van der Waals surface area contributed by atoms with Crippen molar-refractivity contribution < 1.29 is 4.21 Å². The van der Waals surface area contributed by atoms with Crippen LogP contribution in [0.25, 0.3) is 22.4 Å². The van der Waals surface area contributed by atoms with E-state index in [4.69, 9.17) is 0 Å². The van der Waals surface area contributed by atoms with Crippen LogP contribution in [0.5, 0.6) is 0 Å². The molecule has 4 heterocycles. The predicted octanol–water partition coefficient (Wildman–Crippen LogP) is 1.69. The number of nitriles is 1. The van der Waals surface area contributed by atoms with Crippen molar-refractivity contribution in [3.05, 3.63) is 36.8 Å². The van der Waals surface area contributed by atoms with Crippen LogP contribution < -0.4 is 5.32 Å². The number of H-pyrrole nitrogens is 1. The highest BCUT2D eigenvalue weighted by Crippen LogP contribution is 2.28. The highest BCUT2D eigenvalue weighted by atomic mass is 32.2. The van der Waals surface area contributed by atoms with Crippen molar-refractivity contribution in [3.63, 3.8) is 0 Å². The van der Waals surface area contributed by atoms with Crippen molar-refractivity contribution in [2.24, 2.45) is 0 Å². The van der Waals surface area contributed by atoms with E-state index in [9.17, 15) is 9.47 Å². The van der Waals surface area contributed by atoms with Gasteiger partial charge in [0.25, 0.3) is 0 Å². The van der Waals surface area contributed by atoms with E-state index in [0.717, 1.165) is 16.6 Å². The average Bonchev–Trinajstić information content (AvgIpc) is 3.12. The number of hydrogen-bond acceptors (Lipinski definition) is 6. The fourth-order valence-electron chi connectivity index (χ4n) is 3.02. The summed E-state index contributed by atoms with van der Waals surface area (Å²) in [4.78, 5) is 16.3. The topological polar surface area (TPSA) is 111 Å². The average molecular weight is 367 g/mol. The summed E-state index contributed by atoms with van der Waals surface area (Å²) in [6.45, 7) is 2.67. The molecule has 0 bridgehead atoms. The minimum Gasteiger partial charge on any atom is -0.350 e. The molecule has 0 amide bonds. The lowest BCUT2D eigenvalue weighted by atomic mass is 9.94. The zero-order chi connectivity index (χ0) is 18.1. The Morgan fingerprint density at radius 1 is 1.35 bits per heavy atom. The van der Waals surface area contributed by atoms with Crippen LogP contribution in [0.1, 0.15) is 6.92 Å². The standard InChI is InChI=1S/C17H17N7OS/c1-2-26(25)24-10-17(9-18,11-24)23-14-5-8-21-16(22-14)13-4-7-20-15-12(13)3-6-19-15/h3-8H,2,10-11H2,1H3,(H,19,20)(H,21,22,23). The van der Waals surface area contributed by atoms with Crippen molar-refractivity contribution in [2.75, 3.05) is 24.2 Å². The fraction of sp³-hybridized carbons (Fsp3) is 0.294. The summed E-state index contributed by atoms with van der Waals surface area (Å²) in [5.41, 5.74) is 0.862. The molecule has 0 aliphatic carbocycles. The molecule has 3 aromatic rings. The maximum absolute atomic E-state index is 11.9. The van der Waals surface area contributed by atoms with Crippen LogP contribution in [0.2, 0.25) is 0 Å². The highest BCUT2D eigenvalue weighted by molar-refractivity contribution is 7.82. The van der Waals surface area contributed by atoms with E-state index in [0.29, 0.717) is 30.5 Å². The molecule has 1 atom stereocenters. The number of anilines is 1. The van der Waals surface area contributed by atoms with Gasteiger partial charge in [-0.15, -0.1) is 0 Å². The first-order valence-electron chi connectivity index (χ1n) is 8.22. The lowest BCUT2D eigenvalue weighted by molar-refractivity contribution is 0.238. The Kier molecular flexibility index (Phi) is 4.14. The van der Waals surface area contributed by atoms with E-state index in [1.54, 1.807) is 22.8 Å². The normalized spacial score (nSPS) is 17.4. The number of aromatic nitrogens is 4. The van der Waals surface area contributed by atoms with Crippen LogP contribution in [0.4, 0.5) is 5.82 Å². The summed E-state index contributed by atoms with van der Waals surface area (Å²) in [5.74, 6) is 1.68. The van der Waals surface area contributed by atoms with Gasteiger partial charge >= 0.3 is 0 Å². The second-order valence-corrected chi connectivity index (χ2v) is 7.83. The molecule has 1 aliphatic rings. The molecule has 1 fully saturated rings. The third-order valence-corrected chi connectivity index (χ3v) is 5.69. The minimum absolute atomic E-state index is 0.403. The van der Waals surface area contributed by atoms with Gasteiger partial charge in [-0.3, -0.25) is 0 Å². The molecule has 1 aliphatic heterocycles. The Balaban J connectivity index is 1.60. The van der Waals surface area contributed by atoms with E-state index >= 15 is 0 Å². The number of nitrogens with one attached hydrogen (secondary N) is 2. The first-order valence-corrected chi connectivity index (χ1v) is 9.50. The van der Waals surface area contributed by atoms with Crippen molar-refractivity contribution >= 4 is 27.8 Å². The molecule has 1 unspecified atom stereocenters. The van der Waals surface area contributed by atoms with Crippen LogP contribution in [0, 0.1) is 11.3 Å². The molecule has 0 radical (unpaired) electrons. The lowest BCUT2D eigenvalue weighted by Crippen LogP contribution is -2.65. The second kappa shape index (κ2) is 6.48. The van der Waals surface area contributed by atoms with Crippen molar-refractivity contribution in [2.45, 2.75) is 12.5 Å². The second-order valence-electron chi connectivity index (χ2n) is 6.09. The highest BCUT2D eigenvalue weighted by Gasteiger charge is 2.46. The molecule has 2 N–H and O–H groups in total. The first-order chi connectivity index (χ1) is 12.6. The Morgan fingerprint density at radius 2 is 2.15 bits per heavy atom. The van der Waals surface area contributed by atoms with Crippen molar-refractivity contribution in [1.82, 2.24) is 24.2 Å². The quantitative estimate of drug-likeness (QED) is 0.710. The largest absolute Gasteiger partial charge is 0.350 e. The van der Waals surface area contributed by atoms with Crippen LogP contribution in [-0.4, -0.2) is 52.8 Å². The van der Waals surface area contributed by atoms with Gasteiger partial charge in [0.15, 0.2) is 11.4 Å². The number of aromatic amines is 1. The van der Waals surface area contributed by atoms with E-state index in [-0.39, 0.29) is 0 Å². The summed E-state index contributed by atoms with van der Waals surface area (Å²) >= 11 is 0. The van der Waals surface area contributed by atoms with Gasteiger partial charge in [-0.1, -0.05) is 6.92 Å². The summed E-state index contributed by atoms with van der Waals surface area (Å²) in [6.07, 6.45) is 5.19. The van der Waals surface area contributed by atoms with Crippen LogP contribution in [0.3, 0.4) is 0 Å². The Hall–Kier alpha value is -2.83. The molecule has 8 nitrogen and oxygen atoms in total. The maximum atomic E-state index is 11.9. The SMILES string of the molecule is CCS(=O)N1CC(C#N)(Nc2ccnc(-c3ccnc4[nH]ccc34)n2)C1. The molecular formula is C17H17N7OS. The third-order valence-electron chi connectivity index (χ3n) is 4.37. The number of hydrogen-bond donors (Lipinski definition) is 2. The van der Waals surface area contributed by atoms with Gasteiger partial charge in [0.05, 0.1) is 17.1 Å². The van der Waals surface area contributed by atoms with Gasteiger partial charge in [-0.05, 0) is 18.2 Å². The first kappa shape index (κ1) is 16.6. The van der Waals surface area contributed by atoms with E-state index in [2.05, 4.69) is 31.3 Å². The smallest absolute Gasteiger partial charge is 0.162 e. The van der Waals surface area contributed by atoms with E-state index in [1.165, 1.54) is 0 Å². The van der Waals surface area contributed by atoms with Gasteiger partial charge in [0.2, 0.25) is 0 Å². The van der Waals surface area contributed by atoms with E-state index < -0.39 is 16.5 Å². The Labute approximate surface area is 152 Å². The number of pyridine rings is 1. The van der Waals surface area contributed by atoms with Crippen molar-refractivity contribution in [1.29, 1.82) is 5.26 Å². The third kappa shape index (κ3) is 2.83. The predicted molar refractivity (Wildman–Crippen MR) is 99.3 cm³/mol. The zero-order valence-corrected chi connectivity index (χ0v) is 15.0. The van der Waals surface area contributed by atoms with Crippen LogP contribution in [-0.2, 0) is 11.0 Å². The zero-order valence-electron chi connectivity index (χ0n) is 14.1. The summed E-state index contributed by atoms with van der Waals surface area (Å²) in [6, 6.07) is 7.83. The van der Waals surface area contributed by atoms with E-state index in [1.807, 2.05) is 25.3 Å². The molecule has 9 heteroatoms. The molecule has 3 aromatic heterocycles. The molecule has 4 rings (SSSR count). The van der Waals surface area contributed by atoms with Crippen LogP contribution in [0.15, 0.2) is 36.8 Å². The number of nitrogens with zero attached hydrogens (tertiary/aromatic N) is 5. The Bertz CT molecular complexity index is 1020. The molecular weight excluding hydrogens is 350 g/mol. The summed E-state index contributed by atoms with van der Waals surface area (Å²) < 4.78 is 13.6. The van der Waals surface area contributed by atoms with Gasteiger partial charge < -0.3 is 10.3 Å². The summed E-state index contributed by atoms with van der Waals surface area (Å²) in [7, 11) is -1.04. The van der Waals surface area contributed by atoms with Gasteiger partial charge in [-0.25, -0.2) is 23.5 Å². The van der Waals surface area contributed by atoms with Gasteiger partial charge in [-0.2, -0.15) is 5.26 Å². The van der Waals surface area contributed by atoms with Gasteiger partial charge in [0, 0.05) is 48.4 Å². The molecule has 0 spiro atoms. The number of rotatable bonds is 5. The van der Waals surface area contributed by atoms with Crippen LogP contribution >= 0.6 is 0 Å². The van der Waals surface area contributed by atoms with Gasteiger partial charge in [0.1, 0.15) is 11.5 Å². The molecule has 0 saturated carbocycles. The maximum Gasteiger partial charge on any atom is 0.162 e. The molecule has 0 aromatic carbocycles.